The minimum Gasteiger partial charge on any atom is -0.488 e. The third kappa shape index (κ3) is 3.08. The fraction of sp³-hybridized carbons (Fsp3) is 0.533. The van der Waals surface area contributed by atoms with Crippen LogP contribution in [0.4, 0.5) is 0 Å². The summed E-state index contributed by atoms with van der Waals surface area (Å²) in [6.07, 6.45) is 8.15. The van der Waals surface area contributed by atoms with E-state index in [0.717, 1.165) is 31.2 Å². The van der Waals surface area contributed by atoms with Crippen molar-refractivity contribution in [2.24, 2.45) is 5.92 Å². The lowest BCUT2D eigenvalue weighted by atomic mass is 9.48. The molecule has 33 heavy (non-hydrogen) atoms. The van der Waals surface area contributed by atoms with Crippen LogP contribution >= 0.6 is 0 Å². The average Bonchev–Trinajstić information content (AvgIpc) is 3.09. The molecule has 172 valence electrons. The molecule has 3 nitrogen and oxygen atoms in total. The zero-order valence-electron chi connectivity index (χ0n) is 20.1. The van der Waals surface area contributed by atoms with Gasteiger partial charge in [0.1, 0.15) is 11.9 Å². The highest BCUT2D eigenvalue weighted by Crippen LogP contribution is 2.65. The minimum absolute atomic E-state index is 0.355. The van der Waals surface area contributed by atoms with E-state index in [1.165, 1.54) is 55.3 Å². The van der Waals surface area contributed by atoms with Gasteiger partial charge in [0, 0.05) is 24.7 Å². The van der Waals surface area contributed by atoms with Crippen molar-refractivity contribution in [1.82, 2.24) is 9.80 Å². The quantitative estimate of drug-likeness (QED) is 0.560. The summed E-state index contributed by atoms with van der Waals surface area (Å²) < 4.78 is 6.29. The van der Waals surface area contributed by atoms with Gasteiger partial charge in [-0.15, -0.1) is 0 Å². The molecule has 2 atom stereocenters. The van der Waals surface area contributed by atoms with Crippen LogP contribution in [0.1, 0.15) is 68.7 Å². The van der Waals surface area contributed by atoms with Crippen molar-refractivity contribution in [1.29, 1.82) is 0 Å². The topological polar surface area (TPSA) is 15.7 Å². The number of hydrogen-bond acceptors (Lipinski definition) is 3. The lowest BCUT2D eigenvalue weighted by Gasteiger charge is -2.70. The van der Waals surface area contributed by atoms with Crippen LogP contribution in [0, 0.1) is 5.92 Å². The summed E-state index contributed by atoms with van der Waals surface area (Å²) in [7, 11) is 0. The van der Waals surface area contributed by atoms with Crippen molar-refractivity contribution in [2.45, 2.75) is 76.1 Å². The van der Waals surface area contributed by atoms with E-state index >= 15 is 0 Å². The molecule has 0 amide bonds. The van der Waals surface area contributed by atoms with Crippen LogP contribution in [0.25, 0.3) is 5.57 Å². The number of hydrogen-bond donors (Lipinski definition) is 0. The Kier molecular flexibility index (Phi) is 4.58. The summed E-state index contributed by atoms with van der Waals surface area (Å²) in [4.78, 5) is 5.43. The number of rotatable bonds is 6. The van der Waals surface area contributed by atoms with Gasteiger partial charge in [-0.05, 0) is 97.9 Å². The molecule has 0 aromatic heterocycles. The van der Waals surface area contributed by atoms with Gasteiger partial charge in [0.2, 0.25) is 0 Å². The van der Waals surface area contributed by atoms with Crippen LogP contribution in [-0.4, -0.2) is 47.1 Å². The molecule has 4 aliphatic carbocycles. The van der Waals surface area contributed by atoms with Gasteiger partial charge in [-0.3, -0.25) is 9.80 Å². The maximum absolute atomic E-state index is 6.29. The van der Waals surface area contributed by atoms with Crippen LogP contribution in [0.2, 0.25) is 0 Å². The van der Waals surface area contributed by atoms with Crippen molar-refractivity contribution < 1.29 is 4.74 Å². The van der Waals surface area contributed by atoms with Crippen LogP contribution in [0.5, 0.6) is 5.75 Å². The zero-order chi connectivity index (χ0) is 22.2. The van der Waals surface area contributed by atoms with E-state index in [4.69, 9.17) is 4.74 Å². The second-order valence-corrected chi connectivity index (χ2v) is 11.5. The maximum Gasteiger partial charge on any atom is 0.124 e. The first-order valence-electron chi connectivity index (χ1n) is 13.2. The van der Waals surface area contributed by atoms with Crippen LogP contribution in [0.3, 0.4) is 0 Å². The van der Waals surface area contributed by atoms with E-state index in [0.29, 0.717) is 23.7 Å². The fourth-order valence-electron chi connectivity index (χ4n) is 7.64. The molecule has 3 heteroatoms. The van der Waals surface area contributed by atoms with E-state index in [2.05, 4.69) is 72.2 Å². The summed E-state index contributed by atoms with van der Waals surface area (Å²) >= 11 is 0. The smallest absolute Gasteiger partial charge is 0.124 e. The SMILES string of the molecule is CCCN1CC(Oc2ccc([C@@H]3C4=C(C[C@@H](C)N3C35CC(C3)C5)c3ccccc3C4)cc2)C1. The second-order valence-electron chi connectivity index (χ2n) is 11.5. The standard InChI is InChI=1S/C30H36N2O/c1-3-12-31-18-25(19-31)33-24-10-8-22(9-11-24)29-28-14-23-6-4-5-7-26(23)27(28)13-20(2)32(29)30-15-21(16-30)17-30/h4-11,20-21,25,29H,3,12-19H2,1-2H3/t20-,21?,29-,30?/m1/s1. The molecular weight excluding hydrogens is 404 g/mol. The first kappa shape index (κ1) is 20.3. The molecule has 0 unspecified atom stereocenters. The highest BCUT2D eigenvalue weighted by atomic mass is 16.5. The Hall–Kier alpha value is -2.10. The van der Waals surface area contributed by atoms with Crippen LogP contribution < -0.4 is 4.74 Å². The normalized spacial score (nSPS) is 33.1. The lowest BCUT2D eigenvalue weighted by Crippen LogP contribution is -2.71. The average molecular weight is 441 g/mol. The molecule has 0 spiro atoms. The van der Waals surface area contributed by atoms with E-state index < -0.39 is 0 Å². The molecule has 0 N–H and O–H groups in total. The van der Waals surface area contributed by atoms with Gasteiger partial charge in [0.05, 0.1) is 6.04 Å². The van der Waals surface area contributed by atoms with Crippen molar-refractivity contribution in [3.63, 3.8) is 0 Å². The molecule has 2 aromatic carbocycles. The number of nitrogens with zero attached hydrogens (tertiary/aromatic N) is 2. The summed E-state index contributed by atoms with van der Waals surface area (Å²) in [5.41, 5.74) is 8.27. The molecule has 2 heterocycles. The number of benzene rings is 2. The Bertz CT molecular complexity index is 1080. The molecule has 6 aliphatic rings. The Labute approximate surface area is 198 Å². The molecule has 0 radical (unpaired) electrons. The summed E-state index contributed by atoms with van der Waals surface area (Å²) in [5, 5.41) is 0. The van der Waals surface area contributed by atoms with Crippen molar-refractivity contribution in [2.75, 3.05) is 19.6 Å². The van der Waals surface area contributed by atoms with E-state index in [-0.39, 0.29) is 0 Å². The molecule has 2 aliphatic heterocycles. The summed E-state index contributed by atoms with van der Waals surface area (Å²) in [6.45, 7) is 8.06. The zero-order valence-corrected chi connectivity index (χ0v) is 20.1. The monoisotopic (exact) mass is 440 g/mol. The van der Waals surface area contributed by atoms with Crippen LogP contribution in [0.15, 0.2) is 54.1 Å². The number of likely N-dealkylation sites (tertiary alicyclic amines) is 1. The maximum atomic E-state index is 6.29. The summed E-state index contributed by atoms with van der Waals surface area (Å²) in [5.74, 6) is 2.03. The van der Waals surface area contributed by atoms with Gasteiger partial charge in [-0.1, -0.05) is 43.3 Å². The van der Waals surface area contributed by atoms with E-state index in [1.807, 2.05) is 0 Å². The first-order chi connectivity index (χ1) is 16.1. The molecule has 2 aromatic rings. The van der Waals surface area contributed by atoms with E-state index in [9.17, 15) is 0 Å². The van der Waals surface area contributed by atoms with Gasteiger partial charge >= 0.3 is 0 Å². The number of fused-ring (bicyclic) bond motifs is 2. The third-order valence-electron chi connectivity index (χ3n) is 9.21. The Morgan fingerprint density at radius 1 is 1.00 bits per heavy atom. The van der Waals surface area contributed by atoms with Gasteiger partial charge in [-0.25, -0.2) is 0 Å². The predicted molar refractivity (Wildman–Crippen MR) is 133 cm³/mol. The Morgan fingerprint density at radius 2 is 1.76 bits per heavy atom. The van der Waals surface area contributed by atoms with Crippen molar-refractivity contribution >= 4 is 5.57 Å². The second kappa shape index (κ2) is 7.45. The molecule has 8 rings (SSSR count). The molecule has 2 bridgehead atoms. The highest BCUT2D eigenvalue weighted by molar-refractivity contribution is 5.79. The number of ether oxygens (including phenoxy) is 1. The van der Waals surface area contributed by atoms with Gasteiger partial charge in [-0.2, -0.15) is 0 Å². The van der Waals surface area contributed by atoms with Gasteiger partial charge in [0.25, 0.3) is 0 Å². The Balaban J connectivity index is 1.19. The Morgan fingerprint density at radius 3 is 2.45 bits per heavy atom. The molecule has 3 saturated carbocycles. The van der Waals surface area contributed by atoms with Crippen LogP contribution in [-0.2, 0) is 6.42 Å². The molecular formula is C30H36N2O. The van der Waals surface area contributed by atoms with E-state index in [1.54, 1.807) is 11.1 Å². The van der Waals surface area contributed by atoms with Gasteiger partial charge in [0.15, 0.2) is 0 Å². The summed E-state index contributed by atoms with van der Waals surface area (Å²) in [6, 6.07) is 19.3. The van der Waals surface area contributed by atoms with Gasteiger partial charge < -0.3 is 4.74 Å². The van der Waals surface area contributed by atoms with Crippen molar-refractivity contribution in [3.05, 3.63) is 70.8 Å². The highest BCUT2D eigenvalue weighted by Gasteiger charge is 2.63. The largest absolute Gasteiger partial charge is 0.488 e. The third-order valence-corrected chi connectivity index (χ3v) is 9.21. The van der Waals surface area contributed by atoms with Crippen molar-refractivity contribution in [3.8, 4) is 5.75 Å². The molecule has 4 fully saturated rings. The minimum atomic E-state index is 0.355. The molecule has 1 saturated heterocycles. The first-order valence-corrected chi connectivity index (χ1v) is 13.2. The lowest BCUT2D eigenvalue weighted by molar-refractivity contribution is -0.173. The fourth-order valence-corrected chi connectivity index (χ4v) is 7.64. The predicted octanol–water partition coefficient (Wildman–Crippen LogP) is 5.86.